The molecule has 0 radical (unpaired) electrons. The maximum atomic E-state index is 12.9. The highest BCUT2D eigenvalue weighted by Crippen LogP contribution is 2.38. The van der Waals surface area contributed by atoms with Crippen molar-refractivity contribution in [2.24, 2.45) is 0 Å². The normalized spacial score (nSPS) is 13.7. The highest BCUT2D eigenvalue weighted by atomic mass is 19.3. The number of nitrogens with two attached hydrogens (primary N) is 1. The van der Waals surface area contributed by atoms with Crippen LogP contribution in [0.25, 0.3) is 11.1 Å². The summed E-state index contributed by atoms with van der Waals surface area (Å²) in [7, 11) is 0. The summed E-state index contributed by atoms with van der Waals surface area (Å²) in [4.78, 5) is 13.5. The van der Waals surface area contributed by atoms with Gasteiger partial charge in [-0.3, -0.25) is 4.79 Å². The number of fused-ring (bicyclic) bond motifs is 3. The fraction of sp³-hybridized carbons (Fsp3) is 0.265. The number of ether oxygens (including phenoxy) is 2. The van der Waals surface area contributed by atoms with Crippen molar-refractivity contribution in [2.75, 3.05) is 42.3 Å². The summed E-state index contributed by atoms with van der Waals surface area (Å²) in [5.74, 6) is -0.179. The summed E-state index contributed by atoms with van der Waals surface area (Å²) in [6.45, 7) is 0.513. The average molecular weight is 572 g/mol. The molecule has 8 heteroatoms. The third kappa shape index (κ3) is 6.71. The minimum atomic E-state index is -2.95. The number of alkyl halides is 2. The van der Waals surface area contributed by atoms with Crippen LogP contribution in [0.15, 0.2) is 84.9 Å². The summed E-state index contributed by atoms with van der Waals surface area (Å²) in [5.41, 5.74) is 15.7. The Hall–Kier alpha value is -4.43. The summed E-state index contributed by atoms with van der Waals surface area (Å²) in [6, 6.07) is 27.7. The Morgan fingerprint density at radius 1 is 0.976 bits per heavy atom. The van der Waals surface area contributed by atoms with Crippen LogP contribution in [0.5, 0.6) is 5.75 Å². The highest BCUT2D eigenvalue weighted by molar-refractivity contribution is 5.95. The van der Waals surface area contributed by atoms with Gasteiger partial charge < -0.3 is 25.4 Å². The number of amides is 1. The van der Waals surface area contributed by atoms with E-state index in [-0.39, 0.29) is 18.3 Å². The maximum Gasteiger partial charge on any atom is 0.387 e. The van der Waals surface area contributed by atoms with E-state index in [4.69, 9.17) is 15.2 Å². The molecule has 3 N–H and O–H groups in total. The largest absolute Gasteiger partial charge is 0.433 e. The van der Waals surface area contributed by atoms with Crippen LogP contribution in [0.2, 0.25) is 0 Å². The third-order valence-corrected chi connectivity index (χ3v) is 7.57. The SMILES string of the molecule is CCc1ccccc1CCNc1ccc(N2CCOCC2=O)cc1OC(F)F.Nc1cccc2c1Cc1ccccc1-2. The second kappa shape index (κ2) is 13.5. The second-order valence-corrected chi connectivity index (χ2v) is 10.2. The molecule has 0 spiro atoms. The van der Waals surface area contributed by atoms with Crippen molar-refractivity contribution >= 4 is 23.0 Å². The van der Waals surface area contributed by atoms with Gasteiger partial charge in [-0.25, -0.2) is 0 Å². The van der Waals surface area contributed by atoms with Crippen LogP contribution in [0.3, 0.4) is 0 Å². The molecule has 218 valence electrons. The van der Waals surface area contributed by atoms with Crippen molar-refractivity contribution in [2.45, 2.75) is 32.8 Å². The number of nitrogens with one attached hydrogen (secondary N) is 1. The smallest absolute Gasteiger partial charge is 0.387 e. The molecule has 2 aliphatic rings. The Morgan fingerprint density at radius 3 is 2.52 bits per heavy atom. The van der Waals surface area contributed by atoms with E-state index in [0.717, 1.165) is 24.9 Å². The van der Waals surface area contributed by atoms with Gasteiger partial charge in [0, 0.05) is 37.0 Å². The van der Waals surface area contributed by atoms with E-state index in [2.05, 4.69) is 54.7 Å². The van der Waals surface area contributed by atoms with Crippen molar-refractivity contribution in [3.8, 4) is 16.9 Å². The van der Waals surface area contributed by atoms with Crippen molar-refractivity contribution in [3.05, 3.63) is 107 Å². The van der Waals surface area contributed by atoms with E-state index in [9.17, 15) is 13.6 Å². The van der Waals surface area contributed by atoms with Gasteiger partial charge in [-0.1, -0.05) is 67.6 Å². The minimum Gasteiger partial charge on any atom is -0.433 e. The quantitative estimate of drug-likeness (QED) is 0.203. The second-order valence-electron chi connectivity index (χ2n) is 10.2. The standard InChI is InChI=1S/C21H24F2N2O3.C13H11N/c1-2-15-5-3-4-6-16(15)9-10-24-18-8-7-17(13-19(18)28-21(22)23)25-11-12-27-14-20(25)26;14-13-7-3-6-11-10-5-2-1-4-9(10)8-12(11)13/h3-8,13,21,24H,2,9-12,14H2,1H3;1-7H,8,14H2. The number of halogens is 2. The maximum absolute atomic E-state index is 12.9. The first-order valence-electron chi connectivity index (χ1n) is 14.2. The van der Waals surface area contributed by atoms with Crippen LogP contribution in [0.1, 0.15) is 29.2 Å². The molecule has 0 atom stereocenters. The fourth-order valence-electron chi connectivity index (χ4n) is 5.47. The number of nitrogen functional groups attached to an aromatic ring is 1. The molecule has 6 rings (SSSR count). The van der Waals surface area contributed by atoms with E-state index < -0.39 is 6.61 Å². The highest BCUT2D eigenvalue weighted by Gasteiger charge is 2.22. The van der Waals surface area contributed by atoms with Gasteiger partial charge in [0.05, 0.1) is 12.3 Å². The zero-order valence-electron chi connectivity index (χ0n) is 23.6. The fourth-order valence-corrected chi connectivity index (χ4v) is 5.47. The first-order chi connectivity index (χ1) is 20.4. The number of morpholine rings is 1. The Bertz CT molecular complexity index is 1540. The first kappa shape index (κ1) is 29.1. The van der Waals surface area contributed by atoms with Crippen molar-refractivity contribution < 1.29 is 23.0 Å². The first-order valence-corrected chi connectivity index (χ1v) is 14.2. The minimum absolute atomic E-state index is 0.0120. The Morgan fingerprint density at radius 2 is 1.74 bits per heavy atom. The number of hydrogen-bond acceptors (Lipinski definition) is 5. The summed E-state index contributed by atoms with van der Waals surface area (Å²) >= 11 is 0. The van der Waals surface area contributed by atoms with Crippen LogP contribution in [0.4, 0.5) is 25.8 Å². The molecular formula is C34H35F2N3O3. The number of aryl methyl sites for hydroxylation is 1. The summed E-state index contributed by atoms with van der Waals surface area (Å²) < 4.78 is 35.6. The van der Waals surface area contributed by atoms with Crippen molar-refractivity contribution in [1.82, 2.24) is 0 Å². The molecule has 1 fully saturated rings. The molecule has 0 bridgehead atoms. The average Bonchev–Trinajstić information content (AvgIpc) is 3.39. The summed E-state index contributed by atoms with van der Waals surface area (Å²) in [5, 5.41) is 3.17. The molecule has 0 unspecified atom stereocenters. The molecule has 4 aromatic carbocycles. The van der Waals surface area contributed by atoms with Gasteiger partial charge in [0.25, 0.3) is 5.91 Å². The van der Waals surface area contributed by atoms with Crippen LogP contribution >= 0.6 is 0 Å². The van der Waals surface area contributed by atoms with Crippen LogP contribution in [0, 0.1) is 0 Å². The molecule has 1 heterocycles. The molecule has 1 aliphatic carbocycles. The molecule has 6 nitrogen and oxygen atoms in total. The van der Waals surface area contributed by atoms with Gasteiger partial charge in [-0.15, -0.1) is 0 Å². The Labute approximate surface area is 245 Å². The number of benzene rings is 4. The lowest BCUT2D eigenvalue weighted by molar-refractivity contribution is -0.125. The lowest BCUT2D eigenvalue weighted by Crippen LogP contribution is -2.41. The predicted molar refractivity (Wildman–Crippen MR) is 163 cm³/mol. The third-order valence-electron chi connectivity index (χ3n) is 7.57. The van der Waals surface area contributed by atoms with Gasteiger partial charge in [0.1, 0.15) is 6.61 Å². The zero-order valence-corrected chi connectivity index (χ0v) is 23.6. The van der Waals surface area contributed by atoms with E-state index in [1.165, 1.54) is 44.3 Å². The topological polar surface area (TPSA) is 76.8 Å². The monoisotopic (exact) mass is 571 g/mol. The predicted octanol–water partition coefficient (Wildman–Crippen LogP) is 6.71. The molecule has 4 aromatic rings. The molecule has 0 aromatic heterocycles. The molecule has 1 aliphatic heterocycles. The molecular weight excluding hydrogens is 536 g/mol. The molecule has 1 saturated heterocycles. The number of hydrogen-bond donors (Lipinski definition) is 2. The summed E-state index contributed by atoms with van der Waals surface area (Å²) in [6.07, 6.45) is 2.69. The van der Waals surface area contributed by atoms with Gasteiger partial charge in [-0.2, -0.15) is 8.78 Å². The van der Waals surface area contributed by atoms with Crippen molar-refractivity contribution in [3.63, 3.8) is 0 Å². The van der Waals surface area contributed by atoms with Crippen LogP contribution < -0.4 is 20.7 Å². The van der Waals surface area contributed by atoms with Crippen molar-refractivity contribution in [1.29, 1.82) is 0 Å². The zero-order chi connectivity index (χ0) is 29.5. The Kier molecular flexibility index (Phi) is 9.34. The number of rotatable bonds is 8. The van der Waals surface area contributed by atoms with Gasteiger partial charge >= 0.3 is 6.61 Å². The molecule has 42 heavy (non-hydrogen) atoms. The van der Waals surface area contributed by atoms with Gasteiger partial charge in [0.15, 0.2) is 5.75 Å². The number of nitrogens with zero attached hydrogens (tertiary/aromatic N) is 1. The number of carbonyl (C=O) groups is 1. The molecule has 0 saturated carbocycles. The van der Waals surface area contributed by atoms with E-state index >= 15 is 0 Å². The Balaban J connectivity index is 0.000000208. The van der Waals surface area contributed by atoms with Crippen LogP contribution in [-0.2, 0) is 28.8 Å². The number of anilines is 3. The lowest BCUT2D eigenvalue weighted by Gasteiger charge is -2.27. The van der Waals surface area contributed by atoms with E-state index in [1.54, 1.807) is 12.1 Å². The molecule has 1 amide bonds. The van der Waals surface area contributed by atoms with E-state index in [0.29, 0.717) is 31.1 Å². The number of carbonyl (C=O) groups excluding carboxylic acids is 1. The van der Waals surface area contributed by atoms with E-state index in [1.807, 2.05) is 24.3 Å². The lowest BCUT2D eigenvalue weighted by atomic mass is 10.0. The van der Waals surface area contributed by atoms with Gasteiger partial charge in [0.2, 0.25) is 0 Å². The van der Waals surface area contributed by atoms with Gasteiger partial charge in [-0.05, 0) is 64.4 Å². The van der Waals surface area contributed by atoms with Crippen LogP contribution in [-0.4, -0.2) is 38.8 Å².